The summed E-state index contributed by atoms with van der Waals surface area (Å²) >= 11 is 6.80. The van der Waals surface area contributed by atoms with Crippen LogP contribution in [0.15, 0.2) is 46.1 Å². The van der Waals surface area contributed by atoms with E-state index >= 15 is 0 Å². The Morgan fingerprint density at radius 2 is 1.78 bits per heavy atom. The number of imidazole rings is 1. The van der Waals surface area contributed by atoms with Crippen molar-refractivity contribution in [3.05, 3.63) is 67.9 Å². The quantitative estimate of drug-likeness (QED) is 0.356. The predicted octanol–water partition coefficient (Wildman–Crippen LogP) is 3.77. The summed E-state index contributed by atoms with van der Waals surface area (Å²) < 4.78 is 8.10. The Hall–Kier alpha value is -3.83. The Balaban J connectivity index is 1.47. The van der Waals surface area contributed by atoms with Gasteiger partial charge in [0.25, 0.3) is 11.1 Å². The van der Waals surface area contributed by atoms with E-state index in [-0.39, 0.29) is 33.5 Å². The van der Waals surface area contributed by atoms with Gasteiger partial charge in [0.05, 0.1) is 33.1 Å². The number of anilines is 1. The van der Waals surface area contributed by atoms with Crippen LogP contribution < -0.4 is 11.0 Å². The maximum Gasteiger partial charge on any atom is 0.339 e. The standard InChI is InChI=1S/C25H23ClN4O6S/c1-4-9-36-23(33)16-12-15(6-7-17(16)26)27-21(31)13-30-22(32)20(37-25(30)35)11-14-5-8-18-19(10-14)29(3)24(34)28(18)2/h5-8,10-12H,4,9,13H2,1-3H3,(H,27,31)/b20-11+. The van der Waals surface area contributed by atoms with Crippen LogP contribution in [0.4, 0.5) is 10.5 Å². The van der Waals surface area contributed by atoms with Gasteiger partial charge in [-0.25, -0.2) is 9.59 Å². The second-order valence-electron chi connectivity index (χ2n) is 8.30. The van der Waals surface area contributed by atoms with E-state index in [0.717, 1.165) is 22.2 Å². The number of carbonyl (C=O) groups excluding carboxylic acids is 4. The number of rotatable bonds is 7. The van der Waals surface area contributed by atoms with Crippen LogP contribution in [0.25, 0.3) is 17.1 Å². The highest BCUT2D eigenvalue weighted by Gasteiger charge is 2.36. The van der Waals surface area contributed by atoms with Crippen molar-refractivity contribution in [1.82, 2.24) is 14.0 Å². The summed E-state index contributed by atoms with van der Waals surface area (Å²) in [4.78, 5) is 63.3. The number of amides is 3. The first-order valence-corrected chi connectivity index (χ1v) is 12.5. The number of nitrogens with zero attached hydrogens (tertiary/aromatic N) is 3. The first-order chi connectivity index (χ1) is 17.6. The number of halogens is 1. The molecule has 0 saturated carbocycles. The van der Waals surface area contributed by atoms with Crippen LogP contribution in [0.2, 0.25) is 5.02 Å². The number of benzene rings is 2. The second kappa shape index (κ2) is 10.7. The van der Waals surface area contributed by atoms with E-state index in [1.54, 1.807) is 38.4 Å². The third-order valence-corrected chi connectivity index (χ3v) is 6.91. The maximum absolute atomic E-state index is 12.9. The molecular formula is C25H23ClN4O6S. The summed E-state index contributed by atoms with van der Waals surface area (Å²) in [5.41, 5.74) is 2.23. The number of thioether (sulfide) groups is 1. The van der Waals surface area contributed by atoms with E-state index < -0.39 is 29.6 Å². The van der Waals surface area contributed by atoms with Crippen molar-refractivity contribution in [2.75, 3.05) is 18.5 Å². The van der Waals surface area contributed by atoms with Gasteiger partial charge in [0.15, 0.2) is 0 Å². The lowest BCUT2D eigenvalue weighted by atomic mass is 10.2. The van der Waals surface area contributed by atoms with Gasteiger partial charge in [0, 0.05) is 19.8 Å². The summed E-state index contributed by atoms with van der Waals surface area (Å²) in [6.45, 7) is 1.58. The number of aryl methyl sites for hydroxylation is 2. The van der Waals surface area contributed by atoms with E-state index in [9.17, 15) is 24.0 Å². The molecule has 4 rings (SSSR count). The number of esters is 1. The molecule has 0 bridgehead atoms. The number of aromatic nitrogens is 2. The molecule has 3 amide bonds. The molecular weight excluding hydrogens is 520 g/mol. The van der Waals surface area contributed by atoms with Gasteiger partial charge in [-0.2, -0.15) is 0 Å². The van der Waals surface area contributed by atoms with E-state index in [2.05, 4.69) is 5.32 Å². The zero-order valence-corrected chi connectivity index (χ0v) is 21.8. The molecule has 0 radical (unpaired) electrons. The predicted molar refractivity (Wildman–Crippen MR) is 141 cm³/mol. The third kappa shape index (κ3) is 5.32. The number of fused-ring (bicyclic) bond motifs is 1. The molecule has 1 aliphatic heterocycles. The number of nitrogens with one attached hydrogen (secondary N) is 1. The highest BCUT2D eigenvalue weighted by molar-refractivity contribution is 8.18. The van der Waals surface area contributed by atoms with Crippen molar-refractivity contribution in [2.24, 2.45) is 14.1 Å². The molecule has 1 aromatic heterocycles. The van der Waals surface area contributed by atoms with Crippen LogP contribution >= 0.6 is 23.4 Å². The van der Waals surface area contributed by atoms with Crippen LogP contribution in [0.5, 0.6) is 0 Å². The van der Waals surface area contributed by atoms with Crippen LogP contribution in [0.1, 0.15) is 29.3 Å². The molecule has 192 valence electrons. The molecule has 2 aromatic carbocycles. The Morgan fingerprint density at radius 3 is 2.51 bits per heavy atom. The number of hydrogen-bond donors (Lipinski definition) is 1. The van der Waals surface area contributed by atoms with E-state index in [4.69, 9.17) is 16.3 Å². The van der Waals surface area contributed by atoms with Crippen LogP contribution in [0, 0.1) is 0 Å². The minimum atomic E-state index is -0.626. The van der Waals surface area contributed by atoms with Crippen molar-refractivity contribution >= 4 is 69.2 Å². The fourth-order valence-electron chi connectivity index (χ4n) is 3.78. The van der Waals surface area contributed by atoms with Gasteiger partial charge < -0.3 is 10.1 Å². The highest BCUT2D eigenvalue weighted by Crippen LogP contribution is 2.32. The van der Waals surface area contributed by atoms with Crippen molar-refractivity contribution in [1.29, 1.82) is 0 Å². The molecule has 10 nitrogen and oxygen atoms in total. The Bertz CT molecular complexity index is 1540. The zero-order valence-electron chi connectivity index (χ0n) is 20.2. The molecule has 1 N–H and O–H groups in total. The smallest absolute Gasteiger partial charge is 0.339 e. The molecule has 2 heterocycles. The molecule has 1 aliphatic rings. The van der Waals surface area contributed by atoms with Gasteiger partial charge in [-0.3, -0.25) is 28.4 Å². The van der Waals surface area contributed by atoms with Gasteiger partial charge in [-0.15, -0.1) is 0 Å². The topological polar surface area (TPSA) is 120 Å². The van der Waals surface area contributed by atoms with Crippen LogP contribution in [-0.2, 0) is 28.4 Å². The van der Waals surface area contributed by atoms with Gasteiger partial charge in [-0.05, 0) is 60.2 Å². The molecule has 0 atom stereocenters. The fourth-order valence-corrected chi connectivity index (χ4v) is 4.81. The lowest BCUT2D eigenvalue weighted by Crippen LogP contribution is -2.36. The Kier molecular flexibility index (Phi) is 7.55. The molecule has 0 aliphatic carbocycles. The third-order valence-electron chi connectivity index (χ3n) is 5.68. The SMILES string of the molecule is CCCOC(=O)c1cc(NC(=O)CN2C(=O)S/C(=C/c3ccc4c(c3)n(C)c(=O)n4C)C2=O)ccc1Cl. The molecule has 12 heteroatoms. The van der Waals surface area contributed by atoms with Crippen molar-refractivity contribution < 1.29 is 23.9 Å². The molecule has 3 aromatic rings. The van der Waals surface area contributed by atoms with Gasteiger partial charge >= 0.3 is 11.7 Å². The first-order valence-electron chi connectivity index (χ1n) is 11.3. The highest BCUT2D eigenvalue weighted by atomic mass is 35.5. The zero-order chi connectivity index (χ0) is 26.9. The lowest BCUT2D eigenvalue weighted by molar-refractivity contribution is -0.127. The largest absolute Gasteiger partial charge is 0.462 e. The van der Waals surface area contributed by atoms with Gasteiger partial charge in [-0.1, -0.05) is 24.6 Å². The molecule has 1 saturated heterocycles. The normalized spacial score (nSPS) is 14.6. The number of imide groups is 1. The lowest BCUT2D eigenvalue weighted by Gasteiger charge is -2.13. The number of hydrogen-bond acceptors (Lipinski definition) is 7. The molecule has 0 spiro atoms. The number of carbonyl (C=O) groups is 4. The van der Waals surface area contributed by atoms with E-state index in [1.165, 1.54) is 27.3 Å². The summed E-state index contributed by atoms with van der Waals surface area (Å²) in [6, 6.07) is 9.57. The van der Waals surface area contributed by atoms with Crippen molar-refractivity contribution in [3.63, 3.8) is 0 Å². The van der Waals surface area contributed by atoms with Crippen LogP contribution in [0.3, 0.4) is 0 Å². The second-order valence-corrected chi connectivity index (χ2v) is 9.70. The van der Waals surface area contributed by atoms with E-state index in [1.807, 2.05) is 6.92 Å². The molecule has 0 unspecified atom stereocenters. The molecule has 37 heavy (non-hydrogen) atoms. The first kappa shape index (κ1) is 26.2. The van der Waals surface area contributed by atoms with Gasteiger partial charge in [0.1, 0.15) is 6.54 Å². The Morgan fingerprint density at radius 1 is 1.05 bits per heavy atom. The summed E-state index contributed by atoms with van der Waals surface area (Å²) in [5.74, 6) is -1.85. The van der Waals surface area contributed by atoms with Crippen molar-refractivity contribution in [3.8, 4) is 0 Å². The Labute approximate surface area is 220 Å². The van der Waals surface area contributed by atoms with E-state index in [0.29, 0.717) is 17.5 Å². The average Bonchev–Trinajstić information content (AvgIpc) is 3.25. The van der Waals surface area contributed by atoms with Gasteiger partial charge in [0.2, 0.25) is 5.91 Å². The fraction of sp³-hybridized carbons (Fsp3) is 0.240. The van der Waals surface area contributed by atoms with Crippen LogP contribution in [-0.4, -0.2) is 50.2 Å². The maximum atomic E-state index is 12.9. The summed E-state index contributed by atoms with van der Waals surface area (Å²) in [7, 11) is 3.32. The van der Waals surface area contributed by atoms with Crippen molar-refractivity contribution in [2.45, 2.75) is 13.3 Å². The minimum absolute atomic E-state index is 0.0925. The number of ether oxygens (including phenoxy) is 1. The molecule has 1 fully saturated rings. The average molecular weight is 543 g/mol. The minimum Gasteiger partial charge on any atom is -0.462 e. The summed E-state index contributed by atoms with van der Waals surface area (Å²) in [5, 5.41) is 2.16. The summed E-state index contributed by atoms with van der Waals surface area (Å²) in [6.07, 6.45) is 2.19. The monoisotopic (exact) mass is 542 g/mol.